The molecule has 0 heterocycles. The zero-order valence-electron chi connectivity index (χ0n) is 12.4. The summed E-state index contributed by atoms with van der Waals surface area (Å²) in [6.45, 7) is 2.96. The normalized spacial score (nSPS) is 10.0. The molecule has 21 heavy (non-hydrogen) atoms. The van der Waals surface area contributed by atoms with Gasteiger partial charge >= 0.3 is 0 Å². The van der Waals surface area contributed by atoms with Crippen LogP contribution in [0.1, 0.15) is 25.3 Å². The summed E-state index contributed by atoms with van der Waals surface area (Å²) >= 11 is 5.91. The smallest absolute Gasteiger partial charge is 0.224 e. The highest BCUT2D eigenvalue weighted by molar-refractivity contribution is 6.30. The lowest BCUT2D eigenvalue weighted by Crippen LogP contribution is -2.31. The summed E-state index contributed by atoms with van der Waals surface area (Å²) in [6, 6.07) is 5.14. The molecule has 1 rings (SSSR count). The fourth-order valence-corrected chi connectivity index (χ4v) is 1.98. The minimum Gasteiger partial charge on any atom is -0.496 e. The van der Waals surface area contributed by atoms with Crippen molar-refractivity contribution in [2.75, 3.05) is 20.2 Å². The van der Waals surface area contributed by atoms with Gasteiger partial charge in [0, 0.05) is 30.1 Å². The van der Waals surface area contributed by atoms with Crippen molar-refractivity contribution in [2.45, 2.75) is 26.2 Å². The van der Waals surface area contributed by atoms with Gasteiger partial charge in [0.25, 0.3) is 0 Å². The van der Waals surface area contributed by atoms with Crippen LogP contribution in [0.5, 0.6) is 5.75 Å². The Hall–Kier alpha value is -1.75. The van der Waals surface area contributed by atoms with Gasteiger partial charge in [-0.25, -0.2) is 0 Å². The largest absolute Gasteiger partial charge is 0.496 e. The molecule has 0 aromatic heterocycles. The maximum atomic E-state index is 11.8. The van der Waals surface area contributed by atoms with E-state index in [0.29, 0.717) is 23.9 Å². The number of methoxy groups -OCH3 is 1. The highest BCUT2D eigenvalue weighted by Crippen LogP contribution is 2.22. The van der Waals surface area contributed by atoms with Crippen molar-refractivity contribution in [3.63, 3.8) is 0 Å². The van der Waals surface area contributed by atoms with Gasteiger partial charge < -0.3 is 15.4 Å². The first kappa shape index (κ1) is 17.3. The number of halogens is 1. The van der Waals surface area contributed by atoms with Crippen molar-refractivity contribution < 1.29 is 14.3 Å². The summed E-state index contributed by atoms with van der Waals surface area (Å²) in [6.07, 6.45) is 1.34. The Morgan fingerprint density at radius 1 is 1.19 bits per heavy atom. The van der Waals surface area contributed by atoms with Gasteiger partial charge in [-0.05, 0) is 24.6 Å². The molecule has 116 valence electrons. The van der Waals surface area contributed by atoms with Crippen LogP contribution in [0.15, 0.2) is 18.2 Å². The van der Waals surface area contributed by atoms with E-state index in [1.165, 1.54) is 0 Å². The molecule has 0 radical (unpaired) electrons. The van der Waals surface area contributed by atoms with Gasteiger partial charge in [0.05, 0.1) is 13.5 Å². The van der Waals surface area contributed by atoms with Gasteiger partial charge in [0.2, 0.25) is 11.8 Å². The van der Waals surface area contributed by atoms with E-state index in [-0.39, 0.29) is 24.7 Å². The molecule has 0 saturated carbocycles. The zero-order valence-corrected chi connectivity index (χ0v) is 13.1. The molecular formula is C15H21ClN2O3. The van der Waals surface area contributed by atoms with E-state index < -0.39 is 0 Å². The van der Waals surface area contributed by atoms with Crippen LogP contribution in [0.2, 0.25) is 5.02 Å². The molecule has 2 amide bonds. The molecule has 0 spiro atoms. The third kappa shape index (κ3) is 6.49. The monoisotopic (exact) mass is 312 g/mol. The van der Waals surface area contributed by atoms with Crippen LogP contribution in [0.3, 0.4) is 0 Å². The highest BCUT2D eigenvalue weighted by atomic mass is 35.5. The summed E-state index contributed by atoms with van der Waals surface area (Å²) in [5, 5.41) is 6.02. The number of hydrogen-bond acceptors (Lipinski definition) is 3. The van der Waals surface area contributed by atoms with Gasteiger partial charge in [-0.15, -0.1) is 0 Å². The second-order valence-corrected chi connectivity index (χ2v) is 5.02. The minimum absolute atomic E-state index is 0.0579. The van der Waals surface area contributed by atoms with Crippen LogP contribution in [-0.2, 0) is 16.0 Å². The summed E-state index contributed by atoms with van der Waals surface area (Å²) in [5.41, 5.74) is 0.720. The van der Waals surface area contributed by atoms with Crippen molar-refractivity contribution in [1.82, 2.24) is 10.6 Å². The van der Waals surface area contributed by atoms with Crippen molar-refractivity contribution in [3.05, 3.63) is 28.8 Å². The number of rotatable bonds is 8. The Kier molecular flexibility index (Phi) is 7.61. The maximum Gasteiger partial charge on any atom is 0.224 e. The Morgan fingerprint density at radius 2 is 1.90 bits per heavy atom. The molecule has 0 unspecified atom stereocenters. The van der Waals surface area contributed by atoms with E-state index in [2.05, 4.69) is 10.6 Å². The maximum absolute atomic E-state index is 11.8. The SMILES string of the molecule is CCCNC(=O)CCNC(=O)Cc1cc(Cl)ccc1OC. The lowest BCUT2D eigenvalue weighted by atomic mass is 10.1. The average molecular weight is 313 g/mol. The molecule has 1 aromatic rings. The molecule has 0 aliphatic carbocycles. The molecule has 2 N–H and O–H groups in total. The van der Waals surface area contributed by atoms with E-state index in [4.69, 9.17) is 16.3 Å². The van der Waals surface area contributed by atoms with Crippen molar-refractivity contribution in [1.29, 1.82) is 0 Å². The first-order chi connectivity index (χ1) is 10.1. The third-order valence-electron chi connectivity index (χ3n) is 2.84. The lowest BCUT2D eigenvalue weighted by Gasteiger charge is -2.09. The van der Waals surface area contributed by atoms with Crippen LogP contribution in [0.25, 0.3) is 0 Å². The van der Waals surface area contributed by atoms with Gasteiger partial charge in [0.15, 0.2) is 0 Å². The van der Waals surface area contributed by atoms with E-state index in [9.17, 15) is 9.59 Å². The van der Waals surface area contributed by atoms with Gasteiger partial charge in [0.1, 0.15) is 5.75 Å². The van der Waals surface area contributed by atoms with Crippen LogP contribution in [0.4, 0.5) is 0 Å². The number of nitrogens with one attached hydrogen (secondary N) is 2. The number of carbonyl (C=O) groups excluding carboxylic acids is 2. The average Bonchev–Trinajstić information content (AvgIpc) is 2.45. The first-order valence-electron chi connectivity index (χ1n) is 6.92. The van der Waals surface area contributed by atoms with E-state index in [1.54, 1.807) is 25.3 Å². The molecule has 0 saturated heterocycles. The van der Waals surface area contributed by atoms with E-state index in [0.717, 1.165) is 12.0 Å². The fraction of sp³-hybridized carbons (Fsp3) is 0.467. The van der Waals surface area contributed by atoms with Crippen LogP contribution < -0.4 is 15.4 Å². The molecule has 1 aromatic carbocycles. The number of amides is 2. The molecule has 0 fully saturated rings. The highest BCUT2D eigenvalue weighted by Gasteiger charge is 2.10. The fourth-order valence-electron chi connectivity index (χ4n) is 1.79. The molecule has 0 atom stereocenters. The van der Waals surface area contributed by atoms with Gasteiger partial charge in [-0.1, -0.05) is 18.5 Å². The predicted octanol–water partition coefficient (Wildman–Crippen LogP) is 1.92. The number of benzene rings is 1. The topological polar surface area (TPSA) is 67.4 Å². The number of ether oxygens (including phenoxy) is 1. The van der Waals surface area contributed by atoms with Gasteiger partial charge in [-0.3, -0.25) is 9.59 Å². The molecule has 0 aliphatic heterocycles. The van der Waals surface area contributed by atoms with Crippen molar-refractivity contribution in [2.24, 2.45) is 0 Å². The Morgan fingerprint density at radius 3 is 2.57 bits per heavy atom. The standard InChI is InChI=1S/C15H21ClN2O3/c1-3-7-17-14(19)6-8-18-15(20)10-11-9-12(16)4-5-13(11)21-2/h4-5,9H,3,6-8,10H2,1-2H3,(H,17,19)(H,18,20). The zero-order chi connectivity index (χ0) is 15.7. The molecule has 6 heteroatoms. The predicted molar refractivity (Wildman–Crippen MR) is 82.6 cm³/mol. The minimum atomic E-state index is -0.168. The second kappa shape index (κ2) is 9.23. The van der Waals surface area contributed by atoms with Crippen LogP contribution in [-0.4, -0.2) is 32.0 Å². The van der Waals surface area contributed by atoms with E-state index >= 15 is 0 Å². The Labute approximate surface area is 130 Å². The Bertz CT molecular complexity index is 492. The lowest BCUT2D eigenvalue weighted by molar-refractivity contribution is -0.122. The summed E-state index contributed by atoms with van der Waals surface area (Å²) in [5.74, 6) is 0.395. The first-order valence-corrected chi connectivity index (χ1v) is 7.30. The molecule has 0 aliphatic rings. The molecule has 0 bridgehead atoms. The van der Waals surface area contributed by atoms with Crippen LogP contribution in [0, 0.1) is 0 Å². The van der Waals surface area contributed by atoms with Gasteiger partial charge in [-0.2, -0.15) is 0 Å². The summed E-state index contributed by atoms with van der Waals surface area (Å²) < 4.78 is 5.19. The van der Waals surface area contributed by atoms with E-state index in [1.807, 2.05) is 6.92 Å². The van der Waals surface area contributed by atoms with Crippen molar-refractivity contribution >= 4 is 23.4 Å². The summed E-state index contributed by atoms with van der Waals surface area (Å²) in [4.78, 5) is 23.2. The van der Waals surface area contributed by atoms with Crippen LogP contribution >= 0.6 is 11.6 Å². The quantitative estimate of drug-likeness (QED) is 0.770. The third-order valence-corrected chi connectivity index (χ3v) is 3.07. The number of hydrogen-bond donors (Lipinski definition) is 2. The summed E-state index contributed by atoms with van der Waals surface area (Å²) in [7, 11) is 1.54. The second-order valence-electron chi connectivity index (χ2n) is 4.58. The number of carbonyl (C=O) groups is 2. The Balaban J connectivity index is 2.40. The molecular weight excluding hydrogens is 292 g/mol. The van der Waals surface area contributed by atoms with Crippen molar-refractivity contribution in [3.8, 4) is 5.75 Å². The molecule has 5 nitrogen and oxygen atoms in total.